The highest BCUT2D eigenvalue weighted by Gasteiger charge is 2.42. The van der Waals surface area contributed by atoms with E-state index in [0.717, 1.165) is 34.0 Å². The highest BCUT2D eigenvalue weighted by atomic mass is 32.1. The second kappa shape index (κ2) is 11.7. The SMILES string of the molecule is COCC(=O)Nc1cc(N2C(=S)N[C@H](c3ccccn3)[C@@H]2c2cc(C)n(-c3cc(C)cc(C)c3)c2C)ccc1OC. The lowest BCUT2D eigenvalue weighted by Gasteiger charge is -2.29. The Labute approximate surface area is 246 Å². The molecule has 0 saturated carbocycles. The van der Waals surface area contributed by atoms with Crippen molar-refractivity contribution < 1.29 is 14.3 Å². The smallest absolute Gasteiger partial charge is 0.250 e. The van der Waals surface area contributed by atoms with Gasteiger partial charge in [-0.2, -0.15) is 0 Å². The Hall–Kier alpha value is -4.21. The van der Waals surface area contributed by atoms with Gasteiger partial charge >= 0.3 is 0 Å². The van der Waals surface area contributed by atoms with Crippen LogP contribution in [0, 0.1) is 27.7 Å². The standard InChI is InChI=1S/C32H35N5O3S/c1-19-13-20(2)15-24(14-19)36-21(3)16-25(22(36)4)31-30(26-9-7-8-12-33-26)35-32(41)37(31)23-10-11-28(40-6)27(17-23)34-29(38)18-39-5/h7-17,30-31H,18H2,1-6H3,(H,34,38)(H,35,41)/t30-,31+/m1/s1. The number of amides is 1. The Bertz CT molecular complexity index is 1580. The fourth-order valence-electron chi connectivity index (χ4n) is 5.77. The van der Waals surface area contributed by atoms with Gasteiger partial charge in [0.2, 0.25) is 5.91 Å². The average Bonchev–Trinajstić information content (AvgIpc) is 3.43. The van der Waals surface area contributed by atoms with Crippen molar-refractivity contribution in [2.24, 2.45) is 0 Å². The fraction of sp³-hybridized carbons (Fsp3) is 0.281. The molecule has 5 rings (SSSR count). The van der Waals surface area contributed by atoms with Crippen molar-refractivity contribution >= 4 is 34.6 Å². The molecule has 2 atom stereocenters. The molecule has 212 valence electrons. The van der Waals surface area contributed by atoms with Gasteiger partial charge in [0.15, 0.2) is 5.11 Å². The van der Waals surface area contributed by atoms with Gasteiger partial charge < -0.3 is 29.6 Å². The molecule has 1 saturated heterocycles. The summed E-state index contributed by atoms with van der Waals surface area (Å²) in [5.41, 5.74) is 9.18. The van der Waals surface area contributed by atoms with Crippen LogP contribution in [-0.2, 0) is 9.53 Å². The maximum absolute atomic E-state index is 12.4. The van der Waals surface area contributed by atoms with Crippen molar-refractivity contribution in [2.75, 3.05) is 31.0 Å². The molecule has 3 heterocycles. The van der Waals surface area contributed by atoms with Crippen LogP contribution in [0.2, 0.25) is 0 Å². The topological polar surface area (TPSA) is 80.7 Å². The number of nitrogens with zero attached hydrogens (tertiary/aromatic N) is 3. The molecule has 0 spiro atoms. The zero-order valence-electron chi connectivity index (χ0n) is 24.2. The molecule has 1 amide bonds. The molecule has 2 aromatic carbocycles. The van der Waals surface area contributed by atoms with Crippen LogP contribution in [-0.4, -0.2) is 41.4 Å². The van der Waals surface area contributed by atoms with Crippen LogP contribution in [0.3, 0.4) is 0 Å². The molecule has 0 aliphatic carbocycles. The molecule has 41 heavy (non-hydrogen) atoms. The van der Waals surface area contributed by atoms with Crippen molar-refractivity contribution in [3.8, 4) is 11.4 Å². The van der Waals surface area contributed by atoms with Gasteiger partial charge in [0, 0.05) is 36.1 Å². The van der Waals surface area contributed by atoms with E-state index in [4.69, 9.17) is 26.7 Å². The minimum Gasteiger partial charge on any atom is -0.495 e. The lowest BCUT2D eigenvalue weighted by molar-refractivity contribution is -0.119. The third-order valence-electron chi connectivity index (χ3n) is 7.36. The van der Waals surface area contributed by atoms with Crippen LogP contribution in [0.15, 0.2) is 66.9 Å². The summed E-state index contributed by atoms with van der Waals surface area (Å²) in [7, 11) is 3.06. The number of methoxy groups -OCH3 is 2. The molecule has 4 aromatic rings. The highest BCUT2D eigenvalue weighted by molar-refractivity contribution is 7.80. The first-order valence-electron chi connectivity index (χ1n) is 13.5. The number of rotatable bonds is 8. The summed E-state index contributed by atoms with van der Waals surface area (Å²) in [6.45, 7) is 8.46. The van der Waals surface area contributed by atoms with Crippen LogP contribution in [0.4, 0.5) is 11.4 Å². The number of carbonyl (C=O) groups excluding carboxylic acids is 1. The van der Waals surface area contributed by atoms with Gasteiger partial charge in [0.25, 0.3) is 0 Å². The molecule has 1 fully saturated rings. The van der Waals surface area contributed by atoms with Crippen LogP contribution >= 0.6 is 12.2 Å². The number of carbonyl (C=O) groups is 1. The molecule has 0 bridgehead atoms. The second-order valence-electron chi connectivity index (χ2n) is 10.4. The largest absolute Gasteiger partial charge is 0.495 e. The Morgan fingerprint density at radius 3 is 2.41 bits per heavy atom. The lowest BCUT2D eigenvalue weighted by Crippen LogP contribution is -2.29. The molecule has 0 radical (unpaired) electrons. The molecule has 9 heteroatoms. The number of thiocarbonyl (C=S) groups is 1. The van der Waals surface area contributed by atoms with Crippen LogP contribution < -0.4 is 20.3 Å². The van der Waals surface area contributed by atoms with E-state index in [1.165, 1.54) is 18.2 Å². The van der Waals surface area contributed by atoms with Gasteiger partial charge in [0.1, 0.15) is 12.4 Å². The average molecular weight is 570 g/mol. The zero-order valence-corrected chi connectivity index (χ0v) is 25.0. The summed E-state index contributed by atoms with van der Waals surface area (Å²) < 4.78 is 12.9. The molecule has 8 nitrogen and oxygen atoms in total. The number of anilines is 2. The number of ether oxygens (including phenoxy) is 2. The predicted molar refractivity (Wildman–Crippen MR) is 166 cm³/mol. The van der Waals surface area contributed by atoms with Gasteiger partial charge in [0.05, 0.1) is 30.6 Å². The number of nitrogens with one attached hydrogen (secondary N) is 2. The second-order valence-corrected chi connectivity index (χ2v) is 10.8. The molecule has 2 aromatic heterocycles. The minimum atomic E-state index is -0.273. The summed E-state index contributed by atoms with van der Waals surface area (Å²) in [5.74, 6) is 0.270. The normalized spacial score (nSPS) is 16.5. The molecular weight excluding hydrogens is 534 g/mol. The van der Waals surface area contributed by atoms with Gasteiger partial charge in [-0.1, -0.05) is 12.1 Å². The van der Waals surface area contributed by atoms with Crippen LogP contribution in [0.1, 0.15) is 45.9 Å². The van der Waals surface area contributed by atoms with Crippen LogP contribution in [0.25, 0.3) is 5.69 Å². The number of pyridine rings is 1. The van der Waals surface area contributed by atoms with Crippen molar-refractivity contribution in [3.63, 3.8) is 0 Å². The Kier molecular flexibility index (Phi) is 8.10. The molecule has 0 unspecified atom stereocenters. The van der Waals surface area contributed by atoms with E-state index in [9.17, 15) is 4.79 Å². The summed E-state index contributed by atoms with van der Waals surface area (Å²) in [5, 5.41) is 7.01. The lowest BCUT2D eigenvalue weighted by atomic mass is 9.96. The summed E-state index contributed by atoms with van der Waals surface area (Å²) in [6, 6.07) is 20.0. The Balaban J connectivity index is 1.66. The summed E-state index contributed by atoms with van der Waals surface area (Å²) in [4.78, 5) is 19.2. The fourth-order valence-corrected chi connectivity index (χ4v) is 6.12. The number of hydrogen-bond donors (Lipinski definition) is 2. The van der Waals surface area contributed by atoms with E-state index in [2.05, 4.69) is 72.1 Å². The number of aromatic nitrogens is 2. The molecule has 1 aliphatic heterocycles. The van der Waals surface area contributed by atoms with E-state index in [-0.39, 0.29) is 24.6 Å². The number of hydrogen-bond acceptors (Lipinski definition) is 5. The van der Waals surface area contributed by atoms with Crippen LogP contribution in [0.5, 0.6) is 5.75 Å². The van der Waals surface area contributed by atoms with Crippen molar-refractivity contribution in [1.82, 2.24) is 14.9 Å². The maximum Gasteiger partial charge on any atom is 0.250 e. The van der Waals surface area contributed by atoms with E-state index in [1.807, 2.05) is 36.4 Å². The summed E-state index contributed by atoms with van der Waals surface area (Å²) in [6.07, 6.45) is 1.80. The van der Waals surface area contributed by atoms with E-state index in [1.54, 1.807) is 13.3 Å². The number of aryl methyl sites for hydroxylation is 3. The summed E-state index contributed by atoms with van der Waals surface area (Å²) >= 11 is 5.96. The quantitative estimate of drug-likeness (QED) is 0.257. The third kappa shape index (κ3) is 5.55. The van der Waals surface area contributed by atoms with Crippen molar-refractivity contribution in [3.05, 3.63) is 101 Å². The molecule has 1 aliphatic rings. The first-order chi connectivity index (χ1) is 19.7. The van der Waals surface area contributed by atoms with Gasteiger partial charge in [-0.3, -0.25) is 9.78 Å². The van der Waals surface area contributed by atoms with Crippen molar-refractivity contribution in [1.29, 1.82) is 0 Å². The first kappa shape index (κ1) is 28.3. The van der Waals surface area contributed by atoms with Gasteiger partial charge in [-0.25, -0.2) is 0 Å². The molecular formula is C32H35N5O3S. The van der Waals surface area contributed by atoms with E-state index < -0.39 is 0 Å². The highest BCUT2D eigenvalue weighted by Crippen LogP contribution is 2.45. The zero-order chi connectivity index (χ0) is 29.3. The number of benzene rings is 2. The first-order valence-corrected chi connectivity index (χ1v) is 13.9. The van der Waals surface area contributed by atoms with Gasteiger partial charge in [-0.15, -0.1) is 0 Å². The van der Waals surface area contributed by atoms with E-state index >= 15 is 0 Å². The van der Waals surface area contributed by atoms with E-state index in [0.29, 0.717) is 16.5 Å². The Morgan fingerprint density at radius 2 is 1.76 bits per heavy atom. The van der Waals surface area contributed by atoms with Crippen molar-refractivity contribution in [2.45, 2.75) is 39.8 Å². The molecule has 2 N–H and O–H groups in total. The minimum absolute atomic E-state index is 0.0636. The third-order valence-corrected chi connectivity index (χ3v) is 7.68. The predicted octanol–water partition coefficient (Wildman–Crippen LogP) is 5.88. The Morgan fingerprint density at radius 1 is 1.00 bits per heavy atom. The monoisotopic (exact) mass is 569 g/mol. The maximum atomic E-state index is 12.4. The van der Waals surface area contributed by atoms with Gasteiger partial charge in [-0.05, 0) is 105 Å².